The molecule has 2 rings (SSSR count). The summed E-state index contributed by atoms with van der Waals surface area (Å²) in [5.74, 6) is 0.441. The Balaban J connectivity index is 2.25. The number of aryl methyl sites for hydroxylation is 1. The van der Waals surface area contributed by atoms with E-state index in [1.165, 1.54) is 11.3 Å². The first-order valence-electron chi connectivity index (χ1n) is 5.42. The summed E-state index contributed by atoms with van der Waals surface area (Å²) in [6, 6.07) is 7.18. The van der Waals surface area contributed by atoms with Gasteiger partial charge in [0.1, 0.15) is 9.54 Å². The van der Waals surface area contributed by atoms with Crippen molar-refractivity contribution < 1.29 is 9.53 Å². The van der Waals surface area contributed by atoms with Crippen LogP contribution < -0.4 is 10.1 Å². The molecule has 0 saturated heterocycles. The van der Waals surface area contributed by atoms with Gasteiger partial charge in [-0.05, 0) is 34.5 Å². The Bertz CT molecular complexity index is 607. The first kappa shape index (κ1) is 14.4. The number of carbonyl (C=O) groups is 1. The highest BCUT2D eigenvalue weighted by atomic mass is 79.9. The maximum absolute atomic E-state index is 12.2. The molecule has 2 aromatic rings. The standard InChI is InChI=1S/C13H11BrClNO2S/c1-7-4-3-5-8(15)11(7)16-13(17)10-6-9(18-2)12(14)19-10/h3-6H,1-2H3,(H,16,17). The van der Waals surface area contributed by atoms with Gasteiger partial charge in [0, 0.05) is 6.07 Å². The average Bonchev–Trinajstić information content (AvgIpc) is 2.75. The fraction of sp³-hybridized carbons (Fsp3) is 0.154. The van der Waals surface area contributed by atoms with E-state index in [1.54, 1.807) is 19.2 Å². The number of amides is 1. The molecule has 0 radical (unpaired) electrons. The molecule has 6 heteroatoms. The average molecular weight is 361 g/mol. The van der Waals surface area contributed by atoms with Gasteiger partial charge in [0.05, 0.1) is 22.7 Å². The van der Waals surface area contributed by atoms with Crippen LogP contribution in [0.3, 0.4) is 0 Å². The number of nitrogens with one attached hydrogen (secondary N) is 1. The summed E-state index contributed by atoms with van der Waals surface area (Å²) >= 11 is 10.7. The molecule has 1 N–H and O–H groups in total. The molecule has 0 unspecified atom stereocenters. The van der Waals surface area contributed by atoms with Gasteiger partial charge in [-0.3, -0.25) is 4.79 Å². The van der Waals surface area contributed by atoms with Crippen molar-refractivity contribution in [2.24, 2.45) is 0 Å². The van der Waals surface area contributed by atoms with Gasteiger partial charge in [-0.15, -0.1) is 11.3 Å². The number of thiophene rings is 1. The van der Waals surface area contributed by atoms with E-state index >= 15 is 0 Å². The summed E-state index contributed by atoms with van der Waals surface area (Å²) in [5.41, 5.74) is 1.56. The molecule has 0 bridgehead atoms. The summed E-state index contributed by atoms with van der Waals surface area (Å²) < 4.78 is 5.92. The van der Waals surface area contributed by atoms with E-state index in [2.05, 4.69) is 21.2 Å². The highest BCUT2D eigenvalue weighted by molar-refractivity contribution is 9.11. The number of para-hydroxylation sites is 1. The van der Waals surface area contributed by atoms with Gasteiger partial charge in [0.15, 0.2) is 0 Å². The van der Waals surface area contributed by atoms with Crippen molar-refractivity contribution in [1.29, 1.82) is 0 Å². The van der Waals surface area contributed by atoms with E-state index < -0.39 is 0 Å². The Labute approximate surface area is 128 Å². The van der Waals surface area contributed by atoms with E-state index in [0.717, 1.165) is 9.35 Å². The van der Waals surface area contributed by atoms with Crippen LogP contribution in [0.25, 0.3) is 0 Å². The molecule has 1 aromatic carbocycles. The number of methoxy groups -OCH3 is 1. The lowest BCUT2D eigenvalue weighted by molar-refractivity contribution is 0.103. The number of benzene rings is 1. The van der Waals surface area contributed by atoms with Crippen molar-refractivity contribution in [3.8, 4) is 5.75 Å². The molecule has 1 aromatic heterocycles. The number of rotatable bonds is 3. The second-order valence-corrected chi connectivity index (χ2v) is 6.62. The zero-order valence-electron chi connectivity index (χ0n) is 10.3. The van der Waals surface area contributed by atoms with Gasteiger partial charge >= 0.3 is 0 Å². The van der Waals surface area contributed by atoms with Crippen molar-refractivity contribution in [3.05, 3.63) is 43.5 Å². The molecule has 0 saturated carbocycles. The molecule has 100 valence electrons. The number of halogens is 2. The van der Waals surface area contributed by atoms with Gasteiger partial charge in [0.25, 0.3) is 5.91 Å². The van der Waals surface area contributed by atoms with Crippen molar-refractivity contribution >= 4 is 50.5 Å². The van der Waals surface area contributed by atoms with Gasteiger partial charge in [-0.1, -0.05) is 23.7 Å². The smallest absolute Gasteiger partial charge is 0.265 e. The predicted octanol–water partition coefficient (Wildman–Crippen LogP) is 4.73. The summed E-state index contributed by atoms with van der Waals surface area (Å²) in [5, 5.41) is 3.35. The number of hydrogen-bond acceptors (Lipinski definition) is 3. The fourth-order valence-corrected chi connectivity index (χ4v) is 3.38. The van der Waals surface area contributed by atoms with Crippen molar-refractivity contribution in [3.63, 3.8) is 0 Å². The van der Waals surface area contributed by atoms with Crippen LogP contribution in [0.4, 0.5) is 5.69 Å². The Morgan fingerprint density at radius 3 is 2.79 bits per heavy atom. The predicted molar refractivity (Wildman–Crippen MR) is 82.7 cm³/mol. The topological polar surface area (TPSA) is 38.3 Å². The van der Waals surface area contributed by atoms with Gasteiger partial charge in [-0.2, -0.15) is 0 Å². The number of ether oxygens (including phenoxy) is 1. The van der Waals surface area contributed by atoms with Crippen LogP contribution in [-0.2, 0) is 0 Å². The minimum Gasteiger partial charge on any atom is -0.495 e. The molecule has 1 heterocycles. The Hall–Kier alpha value is -1.04. The van der Waals surface area contributed by atoms with Crippen LogP contribution in [0.2, 0.25) is 5.02 Å². The van der Waals surface area contributed by atoms with Crippen LogP contribution in [0, 0.1) is 6.92 Å². The summed E-state index contributed by atoms with van der Waals surface area (Å²) in [6.07, 6.45) is 0. The molecular formula is C13H11BrClNO2S. The highest BCUT2D eigenvalue weighted by Crippen LogP contribution is 2.35. The minimum atomic E-state index is -0.204. The van der Waals surface area contributed by atoms with Gasteiger partial charge < -0.3 is 10.1 Å². The fourth-order valence-electron chi connectivity index (χ4n) is 1.57. The zero-order valence-corrected chi connectivity index (χ0v) is 13.4. The van der Waals surface area contributed by atoms with Crippen LogP contribution >= 0.6 is 38.9 Å². The number of carbonyl (C=O) groups excluding carboxylic acids is 1. The largest absolute Gasteiger partial charge is 0.495 e. The maximum Gasteiger partial charge on any atom is 0.265 e. The Morgan fingerprint density at radius 1 is 1.47 bits per heavy atom. The third-order valence-electron chi connectivity index (χ3n) is 2.56. The lowest BCUT2D eigenvalue weighted by Crippen LogP contribution is -2.11. The third kappa shape index (κ3) is 3.11. The highest BCUT2D eigenvalue weighted by Gasteiger charge is 2.15. The second kappa shape index (κ2) is 5.94. The molecule has 0 fully saturated rings. The van der Waals surface area contributed by atoms with Crippen LogP contribution in [0.15, 0.2) is 28.1 Å². The van der Waals surface area contributed by atoms with Crippen LogP contribution in [0.5, 0.6) is 5.75 Å². The Kier molecular flexibility index (Phi) is 4.50. The molecule has 0 aliphatic carbocycles. The lowest BCUT2D eigenvalue weighted by atomic mass is 10.2. The van der Waals surface area contributed by atoms with E-state index in [1.807, 2.05) is 19.1 Å². The van der Waals surface area contributed by atoms with Crippen molar-refractivity contribution in [1.82, 2.24) is 0 Å². The van der Waals surface area contributed by atoms with Crippen molar-refractivity contribution in [2.45, 2.75) is 6.92 Å². The van der Waals surface area contributed by atoms with Gasteiger partial charge in [0.2, 0.25) is 0 Å². The first-order chi connectivity index (χ1) is 9.02. The number of anilines is 1. The molecule has 0 aliphatic heterocycles. The maximum atomic E-state index is 12.2. The zero-order chi connectivity index (χ0) is 14.0. The molecule has 0 aliphatic rings. The lowest BCUT2D eigenvalue weighted by Gasteiger charge is -2.08. The Morgan fingerprint density at radius 2 is 2.21 bits per heavy atom. The van der Waals surface area contributed by atoms with E-state index in [0.29, 0.717) is 21.3 Å². The van der Waals surface area contributed by atoms with Crippen LogP contribution in [0.1, 0.15) is 15.2 Å². The second-order valence-electron chi connectivity index (χ2n) is 3.84. The molecule has 0 atom stereocenters. The molecule has 19 heavy (non-hydrogen) atoms. The normalized spacial score (nSPS) is 10.3. The summed E-state index contributed by atoms with van der Waals surface area (Å²) in [6.45, 7) is 1.90. The van der Waals surface area contributed by atoms with E-state index in [4.69, 9.17) is 16.3 Å². The quantitative estimate of drug-likeness (QED) is 0.859. The van der Waals surface area contributed by atoms with Gasteiger partial charge in [-0.25, -0.2) is 0 Å². The molecule has 1 amide bonds. The van der Waals surface area contributed by atoms with Crippen LogP contribution in [-0.4, -0.2) is 13.0 Å². The summed E-state index contributed by atoms with van der Waals surface area (Å²) in [7, 11) is 1.56. The molecular weight excluding hydrogens is 350 g/mol. The van der Waals surface area contributed by atoms with E-state index in [-0.39, 0.29) is 5.91 Å². The van der Waals surface area contributed by atoms with E-state index in [9.17, 15) is 4.79 Å². The minimum absolute atomic E-state index is 0.204. The molecule has 3 nitrogen and oxygen atoms in total. The first-order valence-corrected chi connectivity index (χ1v) is 7.41. The monoisotopic (exact) mass is 359 g/mol. The number of hydrogen-bond donors (Lipinski definition) is 1. The summed E-state index contributed by atoms with van der Waals surface area (Å²) in [4.78, 5) is 12.7. The molecule has 0 spiro atoms. The van der Waals surface area contributed by atoms with Crippen molar-refractivity contribution in [2.75, 3.05) is 12.4 Å². The third-order valence-corrected chi connectivity index (χ3v) is 4.65. The SMILES string of the molecule is COc1cc(C(=O)Nc2c(C)cccc2Cl)sc1Br.